The van der Waals surface area contributed by atoms with E-state index in [1.165, 1.54) is 0 Å². The summed E-state index contributed by atoms with van der Waals surface area (Å²) in [6.07, 6.45) is 5.85. The molecule has 0 atom stereocenters. The van der Waals surface area contributed by atoms with Crippen molar-refractivity contribution in [3.05, 3.63) is 24.5 Å². The molecule has 1 aromatic heterocycles. The zero-order valence-electron chi connectivity index (χ0n) is 7.77. The van der Waals surface area contributed by atoms with Gasteiger partial charge in [-0.25, -0.2) is 0 Å². The molecule has 1 aliphatic rings. The molecule has 0 saturated heterocycles. The predicted molar refractivity (Wildman–Crippen MR) is 63.4 cm³/mol. The van der Waals surface area contributed by atoms with Crippen molar-refractivity contribution >= 4 is 30.5 Å². The van der Waals surface area contributed by atoms with E-state index in [0.29, 0.717) is 0 Å². The predicted octanol–water partition coefficient (Wildman–Crippen LogP) is 1.83. The van der Waals surface area contributed by atoms with Crippen LogP contribution in [-0.4, -0.2) is 17.1 Å². The minimum Gasteiger partial charge on any atom is -0.382 e. The van der Waals surface area contributed by atoms with Crippen LogP contribution in [-0.2, 0) is 0 Å². The number of nitrogens with one attached hydrogen (secondary N) is 1. The molecule has 1 fully saturated rings. The van der Waals surface area contributed by atoms with Gasteiger partial charge in [-0.3, -0.25) is 4.98 Å². The van der Waals surface area contributed by atoms with Crippen molar-refractivity contribution in [2.24, 2.45) is 5.73 Å². The third-order valence-corrected chi connectivity index (χ3v) is 2.20. The standard InChI is InChI=1S/C9H13N3.2ClH/c10-9(3-4-9)7-12-8-2-1-5-11-6-8;;/h1-2,5-6,12H,3-4,7,10H2;2*1H. The van der Waals surface area contributed by atoms with Gasteiger partial charge >= 0.3 is 0 Å². The Hall–Kier alpha value is -0.510. The maximum absolute atomic E-state index is 5.91. The molecule has 0 spiro atoms. The fraction of sp³-hybridized carbons (Fsp3) is 0.444. The Kier molecular flexibility index (Phi) is 5.19. The SMILES string of the molecule is Cl.Cl.NC1(CNc2cccnc2)CC1. The Balaban J connectivity index is 0.000000845. The van der Waals surface area contributed by atoms with Crippen molar-refractivity contribution in [1.29, 1.82) is 0 Å². The highest BCUT2D eigenvalue weighted by Crippen LogP contribution is 2.31. The van der Waals surface area contributed by atoms with E-state index in [-0.39, 0.29) is 30.4 Å². The number of anilines is 1. The van der Waals surface area contributed by atoms with E-state index in [2.05, 4.69) is 10.3 Å². The summed E-state index contributed by atoms with van der Waals surface area (Å²) in [5.74, 6) is 0. The van der Waals surface area contributed by atoms with Gasteiger partial charge in [-0.1, -0.05) is 0 Å². The van der Waals surface area contributed by atoms with Crippen LogP contribution >= 0.6 is 24.8 Å². The van der Waals surface area contributed by atoms with Gasteiger partial charge in [-0.05, 0) is 25.0 Å². The molecule has 14 heavy (non-hydrogen) atoms. The molecule has 80 valence electrons. The second-order valence-electron chi connectivity index (χ2n) is 3.46. The topological polar surface area (TPSA) is 50.9 Å². The van der Waals surface area contributed by atoms with Crippen molar-refractivity contribution in [1.82, 2.24) is 4.98 Å². The molecule has 5 heteroatoms. The zero-order chi connectivity index (χ0) is 8.44. The lowest BCUT2D eigenvalue weighted by molar-refractivity contribution is 0.713. The molecular weight excluding hydrogens is 221 g/mol. The lowest BCUT2D eigenvalue weighted by Crippen LogP contribution is -2.31. The summed E-state index contributed by atoms with van der Waals surface area (Å²) in [5, 5.41) is 3.26. The maximum atomic E-state index is 5.91. The summed E-state index contributed by atoms with van der Waals surface area (Å²) in [7, 11) is 0. The number of nitrogens with two attached hydrogens (primary N) is 1. The van der Waals surface area contributed by atoms with Gasteiger partial charge in [0.25, 0.3) is 0 Å². The average molecular weight is 236 g/mol. The Morgan fingerprint density at radius 2 is 2.14 bits per heavy atom. The Morgan fingerprint density at radius 1 is 1.43 bits per heavy atom. The monoisotopic (exact) mass is 235 g/mol. The van der Waals surface area contributed by atoms with Gasteiger partial charge in [-0.2, -0.15) is 0 Å². The quantitative estimate of drug-likeness (QED) is 0.841. The molecule has 1 saturated carbocycles. The minimum absolute atomic E-state index is 0. The average Bonchev–Trinajstić information content (AvgIpc) is 2.84. The van der Waals surface area contributed by atoms with Crippen LogP contribution in [0.25, 0.3) is 0 Å². The lowest BCUT2D eigenvalue weighted by atomic mass is 10.3. The second-order valence-corrected chi connectivity index (χ2v) is 3.46. The van der Waals surface area contributed by atoms with E-state index in [9.17, 15) is 0 Å². The number of rotatable bonds is 3. The normalized spacial score (nSPS) is 16.1. The highest BCUT2D eigenvalue weighted by atomic mass is 35.5. The highest BCUT2D eigenvalue weighted by molar-refractivity contribution is 5.85. The van der Waals surface area contributed by atoms with Gasteiger partial charge in [-0.15, -0.1) is 24.8 Å². The first-order chi connectivity index (χ1) is 5.79. The van der Waals surface area contributed by atoms with Crippen LogP contribution in [0.1, 0.15) is 12.8 Å². The summed E-state index contributed by atoms with van der Waals surface area (Å²) in [5.41, 5.74) is 7.03. The van der Waals surface area contributed by atoms with Crippen LogP contribution in [0.3, 0.4) is 0 Å². The summed E-state index contributed by atoms with van der Waals surface area (Å²) in [6.45, 7) is 0.860. The van der Waals surface area contributed by atoms with Gasteiger partial charge in [0.15, 0.2) is 0 Å². The molecule has 0 bridgehead atoms. The zero-order valence-corrected chi connectivity index (χ0v) is 9.40. The van der Waals surface area contributed by atoms with Gasteiger partial charge in [0.2, 0.25) is 0 Å². The smallest absolute Gasteiger partial charge is 0.0527 e. The van der Waals surface area contributed by atoms with Crippen LogP contribution < -0.4 is 11.1 Å². The van der Waals surface area contributed by atoms with Gasteiger partial charge in [0, 0.05) is 24.5 Å². The van der Waals surface area contributed by atoms with E-state index < -0.39 is 0 Å². The molecule has 0 unspecified atom stereocenters. The van der Waals surface area contributed by atoms with E-state index in [1.807, 2.05) is 18.3 Å². The molecule has 0 radical (unpaired) electrons. The summed E-state index contributed by atoms with van der Waals surface area (Å²) in [4.78, 5) is 4.00. The summed E-state index contributed by atoms with van der Waals surface area (Å²) < 4.78 is 0. The molecule has 1 aromatic rings. The van der Waals surface area contributed by atoms with Crippen LogP contribution in [0, 0.1) is 0 Å². The number of halogens is 2. The van der Waals surface area contributed by atoms with Gasteiger partial charge in [0.1, 0.15) is 0 Å². The molecule has 3 N–H and O–H groups in total. The first-order valence-electron chi connectivity index (χ1n) is 4.21. The number of pyridine rings is 1. The highest BCUT2D eigenvalue weighted by Gasteiger charge is 2.37. The third kappa shape index (κ3) is 3.70. The molecule has 3 nitrogen and oxygen atoms in total. The van der Waals surface area contributed by atoms with Crippen LogP contribution in [0.2, 0.25) is 0 Å². The van der Waals surface area contributed by atoms with E-state index in [0.717, 1.165) is 25.1 Å². The van der Waals surface area contributed by atoms with E-state index >= 15 is 0 Å². The van der Waals surface area contributed by atoms with Gasteiger partial charge in [0.05, 0.1) is 5.69 Å². The number of hydrogen-bond acceptors (Lipinski definition) is 3. The maximum Gasteiger partial charge on any atom is 0.0527 e. The summed E-state index contributed by atoms with van der Waals surface area (Å²) >= 11 is 0. The largest absolute Gasteiger partial charge is 0.382 e. The fourth-order valence-corrected chi connectivity index (χ4v) is 1.08. The number of hydrogen-bond donors (Lipinski definition) is 2. The first kappa shape index (κ1) is 13.5. The van der Waals surface area contributed by atoms with Gasteiger partial charge < -0.3 is 11.1 Å². The minimum atomic E-state index is 0. The number of aromatic nitrogens is 1. The Bertz CT molecular complexity index is 262. The first-order valence-corrected chi connectivity index (χ1v) is 4.21. The van der Waals surface area contributed by atoms with E-state index in [4.69, 9.17) is 5.73 Å². The number of nitrogens with zero attached hydrogens (tertiary/aromatic N) is 1. The molecule has 1 heterocycles. The molecule has 0 amide bonds. The van der Waals surface area contributed by atoms with Crippen molar-refractivity contribution in [3.8, 4) is 0 Å². The lowest BCUT2D eigenvalue weighted by Gasteiger charge is -2.10. The molecule has 0 aromatic carbocycles. The van der Waals surface area contributed by atoms with Crippen molar-refractivity contribution in [2.45, 2.75) is 18.4 Å². The Morgan fingerprint density at radius 3 is 2.64 bits per heavy atom. The van der Waals surface area contributed by atoms with Crippen LogP contribution in [0.4, 0.5) is 5.69 Å². The molecule has 2 rings (SSSR count). The van der Waals surface area contributed by atoms with Crippen molar-refractivity contribution < 1.29 is 0 Å². The fourth-order valence-electron chi connectivity index (χ4n) is 1.08. The third-order valence-electron chi connectivity index (χ3n) is 2.20. The van der Waals surface area contributed by atoms with Crippen LogP contribution in [0.5, 0.6) is 0 Å². The second kappa shape index (κ2) is 5.39. The summed E-state index contributed by atoms with van der Waals surface area (Å²) in [6, 6.07) is 3.91. The van der Waals surface area contributed by atoms with Crippen LogP contribution in [0.15, 0.2) is 24.5 Å². The van der Waals surface area contributed by atoms with Crippen molar-refractivity contribution in [3.63, 3.8) is 0 Å². The molecule has 1 aliphatic carbocycles. The Labute approximate surface area is 96.3 Å². The molecule has 0 aliphatic heterocycles. The van der Waals surface area contributed by atoms with E-state index in [1.54, 1.807) is 6.20 Å². The van der Waals surface area contributed by atoms with Crippen molar-refractivity contribution in [2.75, 3.05) is 11.9 Å². The molecular formula is C9H15Cl2N3.